The normalized spacial score (nSPS) is 15.2. The van der Waals surface area contributed by atoms with Gasteiger partial charge in [-0.1, -0.05) is 48.6 Å². The molecule has 2 aromatic carbocycles. The maximum Gasteiger partial charge on any atom is 0.352 e. The summed E-state index contributed by atoms with van der Waals surface area (Å²) < 4.78 is 1.60. The van der Waals surface area contributed by atoms with Gasteiger partial charge in [0.25, 0.3) is 5.91 Å². The fourth-order valence-electron chi connectivity index (χ4n) is 3.57. The largest absolute Gasteiger partial charge is 0.477 e. The van der Waals surface area contributed by atoms with Gasteiger partial charge in [0.2, 0.25) is 0 Å². The average molecular weight is 414 g/mol. The number of nitrogens with one attached hydrogen (secondary N) is 2. The molecule has 7 heteroatoms. The van der Waals surface area contributed by atoms with Gasteiger partial charge in [0.1, 0.15) is 17.1 Å². The maximum absolute atomic E-state index is 12.9. The molecule has 1 unspecified atom stereocenters. The highest BCUT2D eigenvalue weighted by Gasteiger charge is 2.27. The Bertz CT molecular complexity index is 1190. The van der Waals surface area contributed by atoms with Crippen LogP contribution >= 0.6 is 0 Å². The highest BCUT2D eigenvalue weighted by molar-refractivity contribution is 6.08. The zero-order chi connectivity index (χ0) is 22.0. The molecule has 1 atom stereocenters. The van der Waals surface area contributed by atoms with E-state index < -0.39 is 12.0 Å². The topological polar surface area (TPSA) is 96.3 Å². The molecule has 1 aromatic heterocycles. The van der Waals surface area contributed by atoms with Crippen molar-refractivity contribution in [3.05, 3.63) is 94.8 Å². The van der Waals surface area contributed by atoms with Gasteiger partial charge in [-0.05, 0) is 48.7 Å². The third-order valence-electron chi connectivity index (χ3n) is 4.91. The second-order valence-electron chi connectivity index (χ2n) is 7.45. The van der Waals surface area contributed by atoms with Crippen molar-refractivity contribution in [2.24, 2.45) is 0 Å². The van der Waals surface area contributed by atoms with E-state index in [9.17, 15) is 14.7 Å². The smallest absolute Gasteiger partial charge is 0.352 e. The lowest BCUT2D eigenvalue weighted by molar-refractivity contribution is -0.132. The fourth-order valence-corrected chi connectivity index (χ4v) is 3.57. The molecule has 4 rings (SSSR count). The number of fused-ring (bicyclic) bond motifs is 1. The van der Waals surface area contributed by atoms with E-state index in [0.29, 0.717) is 11.5 Å². The lowest BCUT2D eigenvalue weighted by atomic mass is 10.1. The molecule has 0 bridgehead atoms. The molecule has 0 saturated carbocycles. The number of anilines is 2. The molecule has 0 spiro atoms. The van der Waals surface area contributed by atoms with Gasteiger partial charge >= 0.3 is 5.97 Å². The molecule has 3 N–H and O–H groups in total. The van der Waals surface area contributed by atoms with Crippen molar-refractivity contribution < 1.29 is 14.7 Å². The van der Waals surface area contributed by atoms with Crippen molar-refractivity contribution in [2.45, 2.75) is 19.9 Å². The number of nitrogens with zero attached hydrogens (tertiary/aromatic N) is 2. The van der Waals surface area contributed by atoms with Crippen LogP contribution in [0.2, 0.25) is 0 Å². The summed E-state index contributed by atoms with van der Waals surface area (Å²) in [5.41, 5.74) is 3.99. The van der Waals surface area contributed by atoms with Crippen molar-refractivity contribution in [3.8, 4) is 0 Å². The number of carbonyl (C=O) groups excluding carboxylic acids is 1. The Morgan fingerprint density at radius 2 is 1.84 bits per heavy atom. The Kier molecular flexibility index (Phi) is 5.41. The molecule has 1 aliphatic rings. The number of aryl methyl sites for hydroxylation is 2. The van der Waals surface area contributed by atoms with Gasteiger partial charge in [-0.3, -0.25) is 4.79 Å². The molecule has 2 heterocycles. The molecule has 7 nitrogen and oxygen atoms in total. The van der Waals surface area contributed by atoms with Crippen molar-refractivity contribution in [3.63, 3.8) is 0 Å². The molecule has 1 amide bonds. The van der Waals surface area contributed by atoms with Crippen LogP contribution in [0.25, 0.3) is 6.08 Å². The first-order valence-corrected chi connectivity index (χ1v) is 9.83. The summed E-state index contributed by atoms with van der Waals surface area (Å²) in [5, 5.41) is 19.6. The van der Waals surface area contributed by atoms with E-state index in [0.717, 1.165) is 16.7 Å². The van der Waals surface area contributed by atoms with Crippen molar-refractivity contribution >= 4 is 29.5 Å². The summed E-state index contributed by atoms with van der Waals surface area (Å²) in [7, 11) is 0. The van der Waals surface area contributed by atoms with Crippen LogP contribution in [0.15, 0.2) is 72.6 Å². The molecule has 0 aliphatic carbocycles. The minimum absolute atomic E-state index is 0.00355. The van der Waals surface area contributed by atoms with Gasteiger partial charge in [-0.25, -0.2) is 9.48 Å². The number of aliphatic carboxylic acids is 1. The summed E-state index contributed by atoms with van der Waals surface area (Å²) in [4.78, 5) is 24.6. The quantitative estimate of drug-likeness (QED) is 0.575. The van der Waals surface area contributed by atoms with Gasteiger partial charge in [0.05, 0.1) is 12.2 Å². The molecule has 0 saturated heterocycles. The zero-order valence-electron chi connectivity index (χ0n) is 17.2. The number of carbonyl (C=O) groups is 2. The number of hydrogen-bond acceptors (Lipinski definition) is 4. The van der Waals surface area contributed by atoms with Crippen LogP contribution in [0.3, 0.4) is 0 Å². The summed E-state index contributed by atoms with van der Waals surface area (Å²) in [6, 6.07) is 15.0. The van der Waals surface area contributed by atoms with Crippen LogP contribution in [0.1, 0.15) is 33.1 Å². The number of rotatable bonds is 5. The van der Waals surface area contributed by atoms with Gasteiger partial charge in [0, 0.05) is 5.69 Å². The Morgan fingerprint density at radius 1 is 1.13 bits per heavy atom. The van der Waals surface area contributed by atoms with Crippen molar-refractivity contribution in [1.29, 1.82) is 0 Å². The highest BCUT2D eigenvalue weighted by atomic mass is 16.4. The van der Waals surface area contributed by atoms with Crippen LogP contribution in [0.5, 0.6) is 0 Å². The summed E-state index contributed by atoms with van der Waals surface area (Å²) in [6.07, 6.45) is 6.75. The summed E-state index contributed by atoms with van der Waals surface area (Å²) >= 11 is 0. The molecule has 0 radical (unpaired) electrons. The van der Waals surface area contributed by atoms with E-state index in [-0.39, 0.29) is 17.2 Å². The van der Waals surface area contributed by atoms with Gasteiger partial charge < -0.3 is 15.7 Å². The summed E-state index contributed by atoms with van der Waals surface area (Å²) in [6.45, 7) is 3.92. The van der Waals surface area contributed by atoms with Crippen LogP contribution in [0, 0.1) is 13.8 Å². The number of hydrogen-bond donors (Lipinski definition) is 3. The first-order valence-electron chi connectivity index (χ1n) is 9.83. The number of carboxylic acid groups (broad SMARTS) is 1. The maximum atomic E-state index is 12.9. The van der Waals surface area contributed by atoms with Crippen molar-refractivity contribution in [1.82, 2.24) is 9.78 Å². The van der Waals surface area contributed by atoms with Crippen LogP contribution in [-0.2, 0) is 4.79 Å². The number of benzene rings is 2. The Labute approximate surface area is 179 Å². The van der Waals surface area contributed by atoms with Gasteiger partial charge in [-0.15, -0.1) is 0 Å². The second kappa shape index (κ2) is 8.31. The molecule has 3 aromatic rings. The molecular formula is C24H22N4O3. The van der Waals surface area contributed by atoms with E-state index in [1.807, 2.05) is 74.5 Å². The number of allylic oxidation sites excluding steroid dienone is 2. The standard InChI is InChI=1S/C24H22N4O3/c1-15-10-16(2)12-18(11-15)26-23(29)20-14-25-28-19(9-8-17-6-4-3-5-7-17)13-21(24(30)31)27-22(20)28/h3-14,19,27H,1-2H3,(H,26,29)(H,30,31). The third kappa shape index (κ3) is 4.40. The predicted octanol–water partition coefficient (Wildman–Crippen LogP) is 4.40. The lowest BCUT2D eigenvalue weighted by Gasteiger charge is -2.22. The molecule has 0 fully saturated rings. The van der Waals surface area contributed by atoms with Crippen LogP contribution < -0.4 is 10.6 Å². The molecule has 156 valence electrons. The van der Waals surface area contributed by atoms with E-state index in [4.69, 9.17) is 0 Å². The minimum Gasteiger partial charge on any atom is -0.477 e. The van der Waals surface area contributed by atoms with Crippen LogP contribution in [0.4, 0.5) is 11.5 Å². The number of aromatic nitrogens is 2. The van der Waals surface area contributed by atoms with E-state index in [1.54, 1.807) is 10.8 Å². The first-order chi connectivity index (χ1) is 14.9. The number of carboxylic acids is 1. The Hall–Kier alpha value is -4.13. The lowest BCUT2D eigenvalue weighted by Crippen LogP contribution is -2.24. The zero-order valence-corrected chi connectivity index (χ0v) is 17.2. The number of amides is 1. The fraction of sp³-hybridized carbons (Fsp3) is 0.125. The Balaban J connectivity index is 1.65. The molecule has 31 heavy (non-hydrogen) atoms. The van der Waals surface area contributed by atoms with Gasteiger partial charge in [-0.2, -0.15) is 5.10 Å². The highest BCUT2D eigenvalue weighted by Crippen LogP contribution is 2.30. The minimum atomic E-state index is -1.11. The van der Waals surface area contributed by atoms with E-state index in [1.165, 1.54) is 6.20 Å². The SMILES string of the molecule is Cc1cc(C)cc(NC(=O)c2cnn3c2NC(C(=O)O)=CC3C=Cc2ccccc2)c1. The average Bonchev–Trinajstić information content (AvgIpc) is 3.16. The Morgan fingerprint density at radius 3 is 2.52 bits per heavy atom. The summed E-state index contributed by atoms with van der Waals surface area (Å²) in [5.74, 6) is -1.13. The van der Waals surface area contributed by atoms with Gasteiger partial charge in [0.15, 0.2) is 0 Å². The van der Waals surface area contributed by atoms with Crippen LogP contribution in [-0.4, -0.2) is 26.8 Å². The first kappa shape index (κ1) is 20.2. The van der Waals surface area contributed by atoms with E-state index >= 15 is 0 Å². The predicted molar refractivity (Wildman–Crippen MR) is 120 cm³/mol. The third-order valence-corrected chi connectivity index (χ3v) is 4.91. The second-order valence-corrected chi connectivity index (χ2v) is 7.45. The van der Waals surface area contributed by atoms with E-state index in [2.05, 4.69) is 15.7 Å². The molecule has 1 aliphatic heterocycles. The monoisotopic (exact) mass is 414 g/mol. The molecular weight excluding hydrogens is 392 g/mol. The van der Waals surface area contributed by atoms with Crippen molar-refractivity contribution in [2.75, 3.05) is 10.6 Å².